The lowest BCUT2D eigenvalue weighted by atomic mass is 10.0. The van der Waals surface area contributed by atoms with Crippen LogP contribution in [0.3, 0.4) is 0 Å². The van der Waals surface area contributed by atoms with Gasteiger partial charge in [0, 0.05) is 6.20 Å². The number of nitrogens with one attached hydrogen (secondary N) is 1. The van der Waals surface area contributed by atoms with Crippen molar-refractivity contribution >= 4 is 6.09 Å². The number of ether oxygens (including phenoxy) is 1. The molecule has 1 amide bonds. The van der Waals surface area contributed by atoms with Crippen molar-refractivity contribution in [2.75, 3.05) is 6.61 Å². The molecule has 1 N–H and O–H groups in total. The second-order valence-electron chi connectivity index (χ2n) is 7.36. The number of amides is 1. The van der Waals surface area contributed by atoms with E-state index in [4.69, 9.17) is 4.74 Å². The van der Waals surface area contributed by atoms with E-state index in [1.54, 1.807) is 13.1 Å². The second-order valence-corrected chi connectivity index (χ2v) is 7.36. The summed E-state index contributed by atoms with van der Waals surface area (Å²) in [5.74, 6) is 0. The fraction of sp³-hybridized carbons (Fsp3) is 0.870. The van der Waals surface area contributed by atoms with Gasteiger partial charge >= 0.3 is 6.09 Å². The number of carbonyl (C=O) groups is 1. The summed E-state index contributed by atoms with van der Waals surface area (Å²) >= 11 is 0. The van der Waals surface area contributed by atoms with Crippen LogP contribution < -0.4 is 5.32 Å². The van der Waals surface area contributed by atoms with Gasteiger partial charge in [-0.25, -0.2) is 4.79 Å². The van der Waals surface area contributed by atoms with Crippen molar-refractivity contribution in [3.63, 3.8) is 0 Å². The highest BCUT2D eigenvalue weighted by Crippen LogP contribution is 2.14. The highest BCUT2D eigenvalue weighted by molar-refractivity contribution is 5.68. The second kappa shape index (κ2) is 22.1. The molecule has 0 aromatic heterocycles. The van der Waals surface area contributed by atoms with Gasteiger partial charge in [0.1, 0.15) is 0 Å². The van der Waals surface area contributed by atoms with Crippen LogP contribution in [0.5, 0.6) is 0 Å². The maximum atomic E-state index is 11.0. The Balaban J connectivity index is 3.09. The molecule has 0 atom stereocenters. The van der Waals surface area contributed by atoms with Crippen LogP contribution in [-0.2, 0) is 4.74 Å². The highest BCUT2D eigenvalue weighted by Gasteiger charge is 1.95. The summed E-state index contributed by atoms with van der Waals surface area (Å²) < 4.78 is 4.78. The number of allylic oxidation sites excluding steroid dienone is 1. The predicted octanol–water partition coefficient (Wildman–Crippen LogP) is 7.90. The van der Waals surface area contributed by atoms with Crippen LogP contribution in [0.15, 0.2) is 12.3 Å². The molecule has 26 heavy (non-hydrogen) atoms. The van der Waals surface area contributed by atoms with Crippen molar-refractivity contribution < 1.29 is 9.53 Å². The van der Waals surface area contributed by atoms with Crippen molar-refractivity contribution in [1.29, 1.82) is 0 Å². The molecule has 0 bridgehead atoms. The van der Waals surface area contributed by atoms with Gasteiger partial charge < -0.3 is 4.74 Å². The molecule has 0 spiro atoms. The monoisotopic (exact) mass is 367 g/mol. The van der Waals surface area contributed by atoms with E-state index in [0.717, 1.165) is 6.42 Å². The van der Waals surface area contributed by atoms with Crippen molar-refractivity contribution in [2.24, 2.45) is 0 Å². The van der Waals surface area contributed by atoms with E-state index in [1.807, 2.05) is 6.08 Å². The summed E-state index contributed by atoms with van der Waals surface area (Å²) in [6, 6.07) is 0. The minimum Gasteiger partial charge on any atom is -0.450 e. The topological polar surface area (TPSA) is 38.3 Å². The molecule has 0 aliphatic heterocycles. The van der Waals surface area contributed by atoms with Gasteiger partial charge in [-0.15, -0.1) is 0 Å². The summed E-state index contributed by atoms with van der Waals surface area (Å²) in [7, 11) is 0. The molecule has 0 aromatic rings. The molecule has 0 aliphatic carbocycles. The van der Waals surface area contributed by atoms with Gasteiger partial charge in [-0.3, -0.25) is 5.32 Å². The molecule has 3 nitrogen and oxygen atoms in total. The zero-order valence-electron chi connectivity index (χ0n) is 17.7. The van der Waals surface area contributed by atoms with Crippen molar-refractivity contribution in [1.82, 2.24) is 5.32 Å². The molecule has 0 unspecified atom stereocenters. The molecule has 0 saturated carbocycles. The van der Waals surface area contributed by atoms with Crippen LogP contribution >= 0.6 is 0 Å². The first-order valence-corrected chi connectivity index (χ1v) is 11.4. The van der Waals surface area contributed by atoms with E-state index >= 15 is 0 Å². The van der Waals surface area contributed by atoms with Crippen molar-refractivity contribution in [3.05, 3.63) is 12.3 Å². The standard InChI is InChI=1S/C23H45NO2/c1-3-5-6-7-8-9-10-11-12-13-14-15-16-17-18-19-20-21-22-24-23(25)26-4-2/h21-22H,3-20H2,1-2H3,(H,24,25). The average molecular weight is 368 g/mol. The van der Waals surface area contributed by atoms with Crippen LogP contribution in [0.1, 0.15) is 123 Å². The van der Waals surface area contributed by atoms with Crippen LogP contribution in [-0.4, -0.2) is 12.7 Å². The molecule has 0 rings (SSSR count). The quantitative estimate of drug-likeness (QED) is 0.236. The van der Waals surface area contributed by atoms with Gasteiger partial charge in [-0.05, 0) is 19.8 Å². The Morgan fingerprint density at radius 2 is 1.12 bits per heavy atom. The SMILES string of the molecule is CCCCCCCCCCCCCCCCCCC=CNC(=O)OCC. The molecule has 0 heterocycles. The third kappa shape index (κ3) is 21.1. The lowest BCUT2D eigenvalue weighted by Gasteiger charge is -2.03. The van der Waals surface area contributed by atoms with Gasteiger partial charge in [0.05, 0.1) is 6.61 Å². The third-order valence-electron chi connectivity index (χ3n) is 4.82. The van der Waals surface area contributed by atoms with Gasteiger partial charge in [0.25, 0.3) is 0 Å². The Bertz CT molecular complexity index is 315. The molecule has 0 aromatic carbocycles. The number of rotatable bonds is 19. The third-order valence-corrected chi connectivity index (χ3v) is 4.82. The smallest absolute Gasteiger partial charge is 0.411 e. The molecular formula is C23H45NO2. The summed E-state index contributed by atoms with van der Waals surface area (Å²) in [6.07, 6.45) is 26.7. The average Bonchev–Trinajstić information content (AvgIpc) is 2.64. The lowest BCUT2D eigenvalue weighted by molar-refractivity contribution is 0.156. The normalized spacial score (nSPS) is 11.2. The number of hydrogen-bond donors (Lipinski definition) is 1. The molecule has 0 radical (unpaired) electrons. The van der Waals surface area contributed by atoms with Crippen molar-refractivity contribution in [3.8, 4) is 0 Å². The summed E-state index contributed by atoms with van der Waals surface area (Å²) in [4.78, 5) is 11.0. The summed E-state index contributed by atoms with van der Waals surface area (Å²) in [5, 5.41) is 2.60. The minimum absolute atomic E-state index is 0.365. The first kappa shape index (κ1) is 25.0. The van der Waals surface area contributed by atoms with E-state index in [2.05, 4.69) is 12.2 Å². The van der Waals surface area contributed by atoms with Crippen LogP contribution in [0.4, 0.5) is 4.79 Å². The van der Waals surface area contributed by atoms with Crippen LogP contribution in [0.2, 0.25) is 0 Å². The zero-order valence-corrected chi connectivity index (χ0v) is 17.7. The van der Waals surface area contributed by atoms with Crippen LogP contribution in [0, 0.1) is 0 Å². The Hall–Kier alpha value is -0.990. The fourth-order valence-corrected chi connectivity index (χ4v) is 3.19. The predicted molar refractivity (Wildman–Crippen MR) is 113 cm³/mol. The summed E-state index contributed by atoms with van der Waals surface area (Å²) in [6.45, 7) is 4.50. The molecular weight excluding hydrogens is 322 g/mol. The maximum absolute atomic E-state index is 11.0. The lowest BCUT2D eigenvalue weighted by Crippen LogP contribution is -2.17. The number of unbranched alkanes of at least 4 members (excludes halogenated alkanes) is 16. The molecule has 0 aliphatic rings. The highest BCUT2D eigenvalue weighted by atomic mass is 16.5. The first-order chi connectivity index (χ1) is 12.8. The van der Waals surface area contributed by atoms with E-state index in [0.29, 0.717) is 6.61 Å². The van der Waals surface area contributed by atoms with Gasteiger partial charge in [-0.1, -0.05) is 109 Å². The van der Waals surface area contributed by atoms with E-state index in [1.165, 1.54) is 103 Å². The molecule has 3 heteroatoms. The first-order valence-electron chi connectivity index (χ1n) is 11.4. The Labute approximate surface area is 163 Å². The summed E-state index contributed by atoms with van der Waals surface area (Å²) in [5.41, 5.74) is 0. The van der Waals surface area contributed by atoms with Gasteiger partial charge in [0.2, 0.25) is 0 Å². The fourth-order valence-electron chi connectivity index (χ4n) is 3.19. The van der Waals surface area contributed by atoms with Crippen molar-refractivity contribution in [2.45, 2.75) is 123 Å². The van der Waals surface area contributed by atoms with Gasteiger partial charge in [-0.2, -0.15) is 0 Å². The Kier molecular flexibility index (Phi) is 21.2. The Morgan fingerprint density at radius 1 is 0.692 bits per heavy atom. The zero-order chi connectivity index (χ0) is 19.1. The van der Waals surface area contributed by atoms with E-state index in [-0.39, 0.29) is 6.09 Å². The molecule has 0 fully saturated rings. The van der Waals surface area contributed by atoms with E-state index < -0.39 is 0 Å². The minimum atomic E-state index is -0.365. The maximum Gasteiger partial charge on any atom is 0.411 e. The largest absolute Gasteiger partial charge is 0.450 e. The number of hydrogen-bond acceptors (Lipinski definition) is 2. The molecule has 0 saturated heterocycles. The molecule has 154 valence electrons. The number of carbonyl (C=O) groups excluding carboxylic acids is 1. The van der Waals surface area contributed by atoms with Crippen LogP contribution in [0.25, 0.3) is 0 Å². The van der Waals surface area contributed by atoms with Gasteiger partial charge in [0.15, 0.2) is 0 Å². The van der Waals surface area contributed by atoms with E-state index in [9.17, 15) is 4.79 Å². The Morgan fingerprint density at radius 3 is 1.54 bits per heavy atom. The number of alkyl carbamates (subject to hydrolysis) is 1.